The number of aromatic amines is 1. The van der Waals surface area contributed by atoms with E-state index >= 15 is 0 Å². The molecule has 14 heteroatoms. The van der Waals surface area contributed by atoms with Crippen LogP contribution in [0.15, 0.2) is 60.3 Å². The summed E-state index contributed by atoms with van der Waals surface area (Å²) in [5.74, 6) is -8.85. The van der Waals surface area contributed by atoms with Crippen LogP contribution in [-0.4, -0.2) is 82.2 Å². The minimum absolute atomic E-state index is 0.0231. The Morgan fingerprint density at radius 2 is 1.83 bits per heavy atom. The number of fused-ring (bicyclic) bond motifs is 6. The van der Waals surface area contributed by atoms with Crippen molar-refractivity contribution in [3.8, 4) is 0 Å². The van der Waals surface area contributed by atoms with Gasteiger partial charge < -0.3 is 39.5 Å². The van der Waals surface area contributed by atoms with Crippen LogP contribution in [0.25, 0.3) is 0 Å². The number of aliphatic hydroxyl groups excluding tert-OH is 1. The van der Waals surface area contributed by atoms with Crippen molar-refractivity contribution in [2.75, 3.05) is 7.11 Å². The average Bonchev–Trinajstić information content (AvgIpc) is 3.70. The summed E-state index contributed by atoms with van der Waals surface area (Å²) in [5.41, 5.74) is -1.16. The Morgan fingerprint density at radius 3 is 2.48 bits per heavy atom. The third kappa shape index (κ3) is 6.45. The van der Waals surface area contributed by atoms with Crippen LogP contribution in [0.4, 0.5) is 8.78 Å². The first kappa shape index (κ1) is 37.4. The van der Waals surface area contributed by atoms with Crippen LogP contribution in [0.2, 0.25) is 0 Å². The van der Waals surface area contributed by atoms with E-state index in [1.807, 2.05) is 19.1 Å². The van der Waals surface area contributed by atoms with Crippen LogP contribution in [0.3, 0.4) is 0 Å². The van der Waals surface area contributed by atoms with Crippen LogP contribution < -0.4 is 5.32 Å². The summed E-state index contributed by atoms with van der Waals surface area (Å²) in [4.78, 5) is 54.7. The largest absolute Gasteiger partial charge is 0.457 e. The van der Waals surface area contributed by atoms with Crippen molar-refractivity contribution in [1.82, 2.24) is 10.3 Å². The van der Waals surface area contributed by atoms with Gasteiger partial charge in [0.05, 0.1) is 11.7 Å². The maximum Gasteiger partial charge on any atom is 0.397 e. The van der Waals surface area contributed by atoms with Gasteiger partial charge in [-0.25, -0.2) is 23.2 Å². The number of esters is 3. The van der Waals surface area contributed by atoms with Gasteiger partial charge in [-0.3, -0.25) is 4.79 Å². The SMILES string of the molecule is CO[C@H]1CC2C=CC3C(C4[C@H]3[C@H](OC(=O)c3ccc[nH]3)[C@H](C)[C@H]4O)[C@]2(O)/C(C)=C/[C@@H](C)[C@@H]([C@@H](C)OC(=O)C(=O)NCc2c(F)cccc2F)OC1=O. The molecule has 0 saturated heterocycles. The summed E-state index contributed by atoms with van der Waals surface area (Å²) in [7, 11) is 1.34. The molecule has 4 N–H and O–H groups in total. The molecule has 2 fully saturated rings. The second-order valence-corrected chi connectivity index (χ2v) is 14.4. The number of amides is 1. The molecule has 0 radical (unpaired) electrons. The van der Waals surface area contributed by atoms with Crippen molar-refractivity contribution in [1.29, 1.82) is 0 Å². The van der Waals surface area contributed by atoms with Crippen molar-refractivity contribution >= 4 is 23.8 Å². The predicted molar refractivity (Wildman–Crippen MR) is 179 cm³/mol. The number of allylic oxidation sites excluding steroid dienone is 1. The first-order valence-electron chi connectivity index (χ1n) is 17.5. The van der Waals surface area contributed by atoms with E-state index < -0.39 is 113 Å². The van der Waals surface area contributed by atoms with Crippen LogP contribution >= 0.6 is 0 Å². The second kappa shape index (κ2) is 14.6. The molecular weight excluding hydrogens is 682 g/mol. The lowest BCUT2D eigenvalue weighted by Gasteiger charge is -2.61. The molecule has 4 aliphatic rings. The van der Waals surface area contributed by atoms with Crippen LogP contribution in [-0.2, 0) is 39.9 Å². The second-order valence-electron chi connectivity index (χ2n) is 14.4. The fourth-order valence-electron chi connectivity index (χ4n) is 8.97. The Hall–Kier alpha value is -4.40. The van der Waals surface area contributed by atoms with Gasteiger partial charge in [0.25, 0.3) is 0 Å². The van der Waals surface area contributed by atoms with E-state index in [0.29, 0.717) is 11.3 Å². The van der Waals surface area contributed by atoms with Gasteiger partial charge in [0.15, 0.2) is 6.10 Å². The Labute approximate surface area is 299 Å². The predicted octanol–water partition coefficient (Wildman–Crippen LogP) is 3.39. The van der Waals surface area contributed by atoms with E-state index in [1.54, 1.807) is 38.3 Å². The lowest BCUT2D eigenvalue weighted by Crippen LogP contribution is -2.65. The number of aliphatic hydroxyl groups is 2. The molecule has 1 amide bonds. The quantitative estimate of drug-likeness (QED) is 0.143. The smallest absolute Gasteiger partial charge is 0.397 e. The lowest BCUT2D eigenvalue weighted by atomic mass is 9.46. The highest BCUT2D eigenvalue weighted by Gasteiger charge is 2.71. The van der Waals surface area contributed by atoms with Gasteiger partial charge in [-0.15, -0.1) is 0 Å². The first-order valence-corrected chi connectivity index (χ1v) is 17.5. The molecule has 1 aliphatic heterocycles. The molecular formula is C38H44F2N2O10. The molecule has 2 heterocycles. The summed E-state index contributed by atoms with van der Waals surface area (Å²) in [5, 5.41) is 26.6. The van der Waals surface area contributed by atoms with Crippen molar-refractivity contribution in [3.05, 3.63) is 83.2 Å². The van der Waals surface area contributed by atoms with Crippen molar-refractivity contribution in [3.63, 3.8) is 0 Å². The van der Waals surface area contributed by atoms with E-state index in [4.69, 9.17) is 18.9 Å². The monoisotopic (exact) mass is 726 g/mol. The number of cyclic esters (lactones) is 1. The zero-order chi connectivity index (χ0) is 37.6. The number of ether oxygens (including phenoxy) is 4. The number of halogens is 2. The van der Waals surface area contributed by atoms with Gasteiger partial charge in [0.2, 0.25) is 0 Å². The highest BCUT2D eigenvalue weighted by atomic mass is 19.1. The van der Waals surface area contributed by atoms with E-state index in [1.165, 1.54) is 20.1 Å². The molecule has 2 saturated carbocycles. The molecule has 3 aliphatic carbocycles. The highest BCUT2D eigenvalue weighted by Crippen LogP contribution is 2.66. The van der Waals surface area contributed by atoms with Crippen molar-refractivity contribution < 1.29 is 57.1 Å². The summed E-state index contributed by atoms with van der Waals surface area (Å²) < 4.78 is 50.8. The van der Waals surface area contributed by atoms with Gasteiger partial charge in [-0.1, -0.05) is 38.1 Å². The molecule has 6 rings (SSSR count). The number of hydrogen-bond acceptors (Lipinski definition) is 10. The number of hydrogen-bond donors (Lipinski definition) is 4. The topological polar surface area (TPSA) is 173 Å². The number of aromatic nitrogens is 1. The third-order valence-electron chi connectivity index (χ3n) is 11.6. The molecule has 13 atom stereocenters. The van der Waals surface area contributed by atoms with Crippen molar-refractivity contribution in [2.45, 2.75) is 76.8 Å². The number of methoxy groups -OCH3 is 1. The number of benzene rings is 1. The Kier molecular flexibility index (Phi) is 10.5. The van der Waals surface area contributed by atoms with Gasteiger partial charge >= 0.3 is 23.8 Å². The zero-order valence-electron chi connectivity index (χ0n) is 29.5. The number of carbonyl (C=O) groups is 4. The number of carbonyl (C=O) groups excluding carboxylic acids is 4. The molecule has 1 aromatic carbocycles. The Bertz CT molecular complexity index is 1740. The molecule has 52 heavy (non-hydrogen) atoms. The summed E-state index contributed by atoms with van der Waals surface area (Å²) in [6.07, 6.45) is 2.25. The Balaban J connectivity index is 1.23. The Morgan fingerprint density at radius 1 is 1.12 bits per heavy atom. The minimum atomic E-state index is -1.56. The van der Waals surface area contributed by atoms with Gasteiger partial charge in [0.1, 0.15) is 35.6 Å². The maximum absolute atomic E-state index is 14.0. The molecule has 12 nitrogen and oxygen atoms in total. The number of nitrogens with one attached hydrogen (secondary N) is 2. The fourth-order valence-corrected chi connectivity index (χ4v) is 8.97. The van der Waals surface area contributed by atoms with Gasteiger partial charge in [-0.05, 0) is 61.9 Å². The fraction of sp³-hybridized carbons (Fsp3) is 0.526. The minimum Gasteiger partial charge on any atom is -0.457 e. The average molecular weight is 727 g/mol. The van der Waals surface area contributed by atoms with E-state index in [9.17, 15) is 38.2 Å². The first-order chi connectivity index (χ1) is 24.7. The van der Waals surface area contributed by atoms with E-state index in [0.717, 1.165) is 12.1 Å². The van der Waals surface area contributed by atoms with E-state index in [2.05, 4.69) is 10.3 Å². The zero-order valence-corrected chi connectivity index (χ0v) is 29.5. The number of H-pyrrole nitrogens is 1. The number of rotatable bonds is 7. The van der Waals surface area contributed by atoms with E-state index in [-0.39, 0.29) is 18.3 Å². The summed E-state index contributed by atoms with van der Waals surface area (Å²) in [6.45, 7) is 6.12. The maximum atomic E-state index is 14.0. The molecule has 280 valence electrons. The normalized spacial score (nSPS) is 36.8. The summed E-state index contributed by atoms with van der Waals surface area (Å²) >= 11 is 0. The van der Waals surface area contributed by atoms with Gasteiger partial charge in [-0.2, -0.15) is 0 Å². The van der Waals surface area contributed by atoms with Crippen LogP contribution in [0, 0.1) is 53.1 Å². The standard InChI is InChI=1S/C38H44F2N2O10/c1-17-14-18(2)38(48)21(11-12-22-28-29(30(22)38)31(43)19(3)33(28)52-35(45)26-10-7-13-41-26)15-27(49-5)36(46)51-32(17)20(4)50-37(47)34(44)42-16-23-24(39)8-6-9-25(23)40/h6-14,17,19-22,27-33,41,43,48H,15-16H2,1-5H3,(H,42,44)/b18-14+/t17-,19-,20-,21?,22?,27+,28+,29?,30?,31-,32+,33-,38+/m1/s1. The molecule has 2 aromatic rings. The van der Waals surface area contributed by atoms with Crippen LogP contribution in [0.5, 0.6) is 0 Å². The third-order valence-corrected chi connectivity index (χ3v) is 11.6. The summed E-state index contributed by atoms with van der Waals surface area (Å²) in [6, 6.07) is 6.51. The highest BCUT2D eigenvalue weighted by molar-refractivity contribution is 6.32. The molecule has 0 spiro atoms. The molecule has 4 unspecified atom stereocenters. The lowest BCUT2D eigenvalue weighted by molar-refractivity contribution is -0.189. The molecule has 0 bridgehead atoms. The van der Waals surface area contributed by atoms with Crippen LogP contribution in [0.1, 0.15) is 50.2 Å². The van der Waals surface area contributed by atoms with Gasteiger partial charge in [0, 0.05) is 55.0 Å². The van der Waals surface area contributed by atoms with Crippen molar-refractivity contribution in [2.24, 2.45) is 41.4 Å². The molecule has 1 aromatic heterocycles.